The summed E-state index contributed by atoms with van der Waals surface area (Å²) in [6.07, 6.45) is 3.38. The molecule has 0 bridgehead atoms. The second kappa shape index (κ2) is 7.54. The number of halogens is 1. The molecule has 0 N–H and O–H groups in total. The van der Waals surface area contributed by atoms with E-state index in [0.29, 0.717) is 24.7 Å². The molecule has 3 aromatic rings. The normalized spacial score (nSPS) is 17.3. The lowest BCUT2D eigenvalue weighted by atomic mass is 10.2. The molecule has 1 aromatic carbocycles. The predicted octanol–water partition coefficient (Wildman–Crippen LogP) is 2.84. The van der Waals surface area contributed by atoms with E-state index in [1.165, 1.54) is 6.92 Å². The Bertz CT molecular complexity index is 957. The fourth-order valence-electron chi connectivity index (χ4n) is 3.18. The van der Waals surface area contributed by atoms with Crippen molar-refractivity contribution in [2.24, 2.45) is 0 Å². The Morgan fingerprint density at radius 3 is 2.93 bits per heavy atom. The molecule has 0 amide bonds. The minimum absolute atomic E-state index is 0.180. The SMILES string of the molecule is CC(=O)OCC1CN(c2nn(-c3ccc(Cl)cc3)c3cnccc23)CCO1. The quantitative estimate of drug-likeness (QED) is 0.642. The van der Waals surface area contributed by atoms with Gasteiger partial charge in [-0.1, -0.05) is 11.6 Å². The van der Waals surface area contributed by atoms with E-state index < -0.39 is 0 Å². The van der Waals surface area contributed by atoms with Gasteiger partial charge in [-0.3, -0.25) is 9.78 Å². The molecule has 0 aliphatic carbocycles. The number of hydrogen-bond donors (Lipinski definition) is 0. The van der Waals surface area contributed by atoms with E-state index in [9.17, 15) is 4.79 Å². The van der Waals surface area contributed by atoms with E-state index in [4.69, 9.17) is 26.2 Å². The van der Waals surface area contributed by atoms with Crippen molar-refractivity contribution in [3.63, 3.8) is 0 Å². The molecule has 0 radical (unpaired) electrons. The number of fused-ring (bicyclic) bond motifs is 1. The van der Waals surface area contributed by atoms with Gasteiger partial charge >= 0.3 is 5.97 Å². The fraction of sp³-hybridized carbons (Fsp3) is 0.316. The van der Waals surface area contributed by atoms with Crippen LogP contribution in [0.1, 0.15) is 6.92 Å². The highest BCUT2D eigenvalue weighted by Gasteiger charge is 2.25. The maximum absolute atomic E-state index is 11.1. The molecule has 1 unspecified atom stereocenters. The third-order valence-electron chi connectivity index (χ3n) is 4.45. The predicted molar refractivity (Wildman–Crippen MR) is 102 cm³/mol. The summed E-state index contributed by atoms with van der Waals surface area (Å²) >= 11 is 6.01. The van der Waals surface area contributed by atoms with Gasteiger partial charge in [0, 0.05) is 36.6 Å². The molecule has 140 valence electrons. The van der Waals surface area contributed by atoms with Gasteiger partial charge in [0.05, 0.1) is 24.0 Å². The number of esters is 1. The minimum Gasteiger partial charge on any atom is -0.463 e. The number of morpholine rings is 1. The number of anilines is 1. The van der Waals surface area contributed by atoms with Crippen LogP contribution in [0.3, 0.4) is 0 Å². The molecule has 3 heterocycles. The van der Waals surface area contributed by atoms with Crippen molar-refractivity contribution in [2.75, 3.05) is 31.2 Å². The Labute approximate surface area is 161 Å². The number of pyridine rings is 1. The fourth-order valence-corrected chi connectivity index (χ4v) is 3.31. The molecule has 0 saturated carbocycles. The topological polar surface area (TPSA) is 69.5 Å². The van der Waals surface area contributed by atoms with Crippen LogP contribution in [0, 0.1) is 0 Å². The molecule has 1 aliphatic rings. The first-order chi connectivity index (χ1) is 13.1. The van der Waals surface area contributed by atoms with Crippen LogP contribution in [-0.2, 0) is 14.3 Å². The maximum Gasteiger partial charge on any atom is 0.302 e. The van der Waals surface area contributed by atoms with Gasteiger partial charge in [0.25, 0.3) is 0 Å². The van der Waals surface area contributed by atoms with Crippen LogP contribution in [0.2, 0.25) is 5.02 Å². The van der Waals surface area contributed by atoms with E-state index in [1.54, 1.807) is 12.4 Å². The van der Waals surface area contributed by atoms with Gasteiger partial charge in [-0.25, -0.2) is 4.68 Å². The van der Waals surface area contributed by atoms with E-state index in [1.807, 2.05) is 35.0 Å². The third-order valence-corrected chi connectivity index (χ3v) is 4.70. The number of rotatable bonds is 4. The summed E-state index contributed by atoms with van der Waals surface area (Å²) in [5.41, 5.74) is 1.83. The van der Waals surface area contributed by atoms with Crippen LogP contribution in [0.15, 0.2) is 42.7 Å². The lowest BCUT2D eigenvalue weighted by Crippen LogP contribution is -2.45. The number of benzene rings is 1. The molecule has 2 aromatic heterocycles. The third kappa shape index (κ3) is 3.74. The Morgan fingerprint density at radius 1 is 1.33 bits per heavy atom. The van der Waals surface area contributed by atoms with E-state index in [0.717, 1.165) is 22.4 Å². The lowest BCUT2D eigenvalue weighted by molar-refractivity contribution is -0.145. The van der Waals surface area contributed by atoms with E-state index in [-0.39, 0.29) is 18.7 Å². The molecular weight excluding hydrogens is 368 g/mol. The first-order valence-electron chi connectivity index (χ1n) is 8.70. The van der Waals surface area contributed by atoms with Crippen molar-refractivity contribution in [2.45, 2.75) is 13.0 Å². The van der Waals surface area contributed by atoms with Crippen molar-refractivity contribution < 1.29 is 14.3 Å². The minimum atomic E-state index is -0.306. The maximum atomic E-state index is 11.1. The first-order valence-corrected chi connectivity index (χ1v) is 9.08. The largest absolute Gasteiger partial charge is 0.463 e. The summed E-state index contributed by atoms with van der Waals surface area (Å²) < 4.78 is 12.7. The number of aromatic nitrogens is 3. The first kappa shape index (κ1) is 17.8. The average molecular weight is 387 g/mol. The highest BCUT2D eigenvalue weighted by Crippen LogP contribution is 2.29. The number of hydrogen-bond acceptors (Lipinski definition) is 6. The van der Waals surface area contributed by atoms with Crippen LogP contribution >= 0.6 is 11.6 Å². The summed E-state index contributed by atoms with van der Waals surface area (Å²) in [4.78, 5) is 17.5. The Morgan fingerprint density at radius 2 is 2.15 bits per heavy atom. The van der Waals surface area contributed by atoms with Crippen molar-refractivity contribution in [3.8, 4) is 5.69 Å². The van der Waals surface area contributed by atoms with Crippen LogP contribution in [0.5, 0.6) is 0 Å². The van der Waals surface area contributed by atoms with Gasteiger partial charge < -0.3 is 14.4 Å². The number of ether oxygens (including phenoxy) is 2. The number of carbonyl (C=O) groups is 1. The van der Waals surface area contributed by atoms with Crippen LogP contribution in [-0.4, -0.2) is 53.1 Å². The molecule has 1 fully saturated rings. The van der Waals surface area contributed by atoms with Crippen molar-refractivity contribution in [1.29, 1.82) is 0 Å². The molecule has 0 spiro atoms. The summed E-state index contributed by atoms with van der Waals surface area (Å²) in [5.74, 6) is 0.553. The van der Waals surface area contributed by atoms with Gasteiger partial charge in [-0.05, 0) is 30.3 Å². The molecular formula is C19H19ClN4O3. The van der Waals surface area contributed by atoms with Gasteiger partial charge in [0.15, 0.2) is 5.82 Å². The highest BCUT2D eigenvalue weighted by molar-refractivity contribution is 6.30. The molecule has 8 heteroatoms. The van der Waals surface area contributed by atoms with Crippen LogP contribution < -0.4 is 4.90 Å². The molecule has 1 saturated heterocycles. The molecule has 1 aliphatic heterocycles. The summed E-state index contributed by atoms with van der Waals surface area (Å²) in [6.45, 7) is 3.50. The van der Waals surface area contributed by atoms with Crippen molar-refractivity contribution in [1.82, 2.24) is 14.8 Å². The van der Waals surface area contributed by atoms with E-state index in [2.05, 4.69) is 9.88 Å². The molecule has 7 nitrogen and oxygen atoms in total. The number of nitrogens with zero attached hydrogens (tertiary/aromatic N) is 4. The Balaban J connectivity index is 1.67. The van der Waals surface area contributed by atoms with Gasteiger partial charge in [0.2, 0.25) is 0 Å². The zero-order chi connectivity index (χ0) is 18.8. The monoisotopic (exact) mass is 386 g/mol. The molecule has 1 atom stereocenters. The second-order valence-corrected chi connectivity index (χ2v) is 6.78. The standard InChI is InChI=1S/C19H19ClN4O3/c1-13(25)27-12-16-11-23(8-9-26-16)19-17-6-7-21-10-18(17)24(22-19)15-4-2-14(20)3-5-15/h2-7,10,16H,8-9,11-12H2,1H3. The summed E-state index contributed by atoms with van der Waals surface area (Å²) in [5, 5.41) is 6.52. The molecule has 4 rings (SSSR count). The number of carbonyl (C=O) groups excluding carboxylic acids is 1. The molecule has 27 heavy (non-hydrogen) atoms. The zero-order valence-electron chi connectivity index (χ0n) is 14.8. The van der Waals surface area contributed by atoms with Crippen molar-refractivity contribution in [3.05, 3.63) is 47.7 Å². The smallest absolute Gasteiger partial charge is 0.302 e. The second-order valence-electron chi connectivity index (χ2n) is 6.35. The van der Waals surface area contributed by atoms with Crippen LogP contribution in [0.25, 0.3) is 16.6 Å². The summed E-state index contributed by atoms with van der Waals surface area (Å²) in [6, 6.07) is 9.48. The lowest BCUT2D eigenvalue weighted by Gasteiger charge is -2.32. The zero-order valence-corrected chi connectivity index (χ0v) is 15.6. The van der Waals surface area contributed by atoms with Gasteiger partial charge in [-0.2, -0.15) is 0 Å². The van der Waals surface area contributed by atoms with Gasteiger partial charge in [-0.15, -0.1) is 5.10 Å². The Kier molecular flexibility index (Phi) is 4.96. The van der Waals surface area contributed by atoms with Crippen molar-refractivity contribution >= 4 is 34.3 Å². The van der Waals surface area contributed by atoms with Gasteiger partial charge in [0.1, 0.15) is 12.7 Å². The van der Waals surface area contributed by atoms with E-state index >= 15 is 0 Å². The average Bonchev–Trinajstić information content (AvgIpc) is 3.07. The van der Waals surface area contributed by atoms with Crippen LogP contribution in [0.4, 0.5) is 5.82 Å². The summed E-state index contributed by atoms with van der Waals surface area (Å²) in [7, 11) is 0. The highest BCUT2D eigenvalue weighted by atomic mass is 35.5. The Hall–Kier alpha value is -2.64.